The van der Waals surface area contributed by atoms with Gasteiger partial charge in [0.15, 0.2) is 0 Å². The highest BCUT2D eigenvalue weighted by Crippen LogP contribution is 2.14. The zero-order chi connectivity index (χ0) is 8.81. The number of piperidine rings is 1. The van der Waals surface area contributed by atoms with Crippen LogP contribution in [0.25, 0.3) is 0 Å². The SMILES string of the molecule is C=C/C=C(\C=C)N1CCCCC1. The molecular weight excluding hydrogens is 146 g/mol. The van der Waals surface area contributed by atoms with E-state index in [1.165, 1.54) is 38.0 Å². The highest BCUT2D eigenvalue weighted by atomic mass is 15.1. The monoisotopic (exact) mass is 163 g/mol. The highest BCUT2D eigenvalue weighted by Gasteiger charge is 2.09. The molecule has 1 heteroatoms. The van der Waals surface area contributed by atoms with Crippen LogP contribution < -0.4 is 0 Å². The molecular formula is C11H17N. The molecule has 0 aromatic heterocycles. The number of allylic oxidation sites excluding steroid dienone is 3. The van der Waals surface area contributed by atoms with Crippen LogP contribution in [0.4, 0.5) is 0 Å². The van der Waals surface area contributed by atoms with E-state index in [1.807, 2.05) is 18.2 Å². The van der Waals surface area contributed by atoms with Crippen LogP contribution in [0.2, 0.25) is 0 Å². The lowest BCUT2D eigenvalue weighted by Gasteiger charge is -2.29. The third-order valence-electron chi connectivity index (χ3n) is 2.22. The van der Waals surface area contributed by atoms with Crippen LogP contribution in [0.15, 0.2) is 37.1 Å². The molecule has 0 unspecified atom stereocenters. The predicted molar refractivity (Wildman–Crippen MR) is 53.9 cm³/mol. The van der Waals surface area contributed by atoms with Crippen molar-refractivity contribution in [3.05, 3.63) is 37.1 Å². The van der Waals surface area contributed by atoms with E-state index in [0.29, 0.717) is 0 Å². The van der Waals surface area contributed by atoms with Crippen LogP contribution in [0.3, 0.4) is 0 Å². The van der Waals surface area contributed by atoms with Crippen molar-refractivity contribution >= 4 is 0 Å². The molecule has 0 aromatic carbocycles. The summed E-state index contributed by atoms with van der Waals surface area (Å²) in [5, 5.41) is 0. The Morgan fingerprint density at radius 1 is 1.08 bits per heavy atom. The zero-order valence-corrected chi connectivity index (χ0v) is 7.63. The van der Waals surface area contributed by atoms with E-state index in [9.17, 15) is 0 Å². The summed E-state index contributed by atoms with van der Waals surface area (Å²) in [5.74, 6) is 0. The molecule has 0 radical (unpaired) electrons. The first-order valence-electron chi connectivity index (χ1n) is 4.58. The topological polar surface area (TPSA) is 3.24 Å². The zero-order valence-electron chi connectivity index (χ0n) is 7.63. The Bertz CT molecular complexity index is 185. The number of rotatable bonds is 3. The van der Waals surface area contributed by atoms with E-state index in [4.69, 9.17) is 0 Å². The second kappa shape index (κ2) is 4.81. The number of hydrogen-bond donors (Lipinski definition) is 0. The maximum atomic E-state index is 3.80. The molecule has 1 saturated heterocycles. The van der Waals surface area contributed by atoms with Gasteiger partial charge < -0.3 is 4.90 Å². The Balaban J connectivity index is 2.57. The number of hydrogen-bond acceptors (Lipinski definition) is 1. The molecule has 0 N–H and O–H groups in total. The molecule has 1 rings (SSSR count). The van der Waals surface area contributed by atoms with Crippen molar-refractivity contribution in [1.82, 2.24) is 4.90 Å². The quantitative estimate of drug-likeness (QED) is 0.578. The molecule has 0 aromatic rings. The minimum absolute atomic E-state index is 1.17. The van der Waals surface area contributed by atoms with Crippen LogP contribution in [0, 0.1) is 0 Å². The van der Waals surface area contributed by atoms with E-state index >= 15 is 0 Å². The van der Waals surface area contributed by atoms with Gasteiger partial charge in [0.25, 0.3) is 0 Å². The minimum Gasteiger partial charge on any atom is -0.372 e. The second-order valence-electron chi connectivity index (χ2n) is 3.08. The van der Waals surface area contributed by atoms with Crippen LogP contribution in [0.5, 0.6) is 0 Å². The second-order valence-corrected chi connectivity index (χ2v) is 3.08. The van der Waals surface area contributed by atoms with Gasteiger partial charge in [0.2, 0.25) is 0 Å². The van der Waals surface area contributed by atoms with Gasteiger partial charge in [-0.05, 0) is 31.4 Å². The predicted octanol–water partition coefficient (Wildman–Crippen LogP) is 2.73. The van der Waals surface area contributed by atoms with Gasteiger partial charge in [0.05, 0.1) is 0 Å². The molecule has 0 aliphatic carbocycles. The number of nitrogens with zero attached hydrogens (tertiary/aromatic N) is 1. The normalized spacial score (nSPS) is 19.0. The first-order chi connectivity index (χ1) is 5.88. The Morgan fingerprint density at radius 2 is 1.75 bits per heavy atom. The van der Waals surface area contributed by atoms with Crippen molar-refractivity contribution < 1.29 is 0 Å². The van der Waals surface area contributed by atoms with Gasteiger partial charge in [-0.1, -0.05) is 19.2 Å². The Kier molecular flexibility index (Phi) is 3.65. The van der Waals surface area contributed by atoms with E-state index < -0.39 is 0 Å². The van der Waals surface area contributed by atoms with Gasteiger partial charge in [-0.3, -0.25) is 0 Å². The van der Waals surface area contributed by atoms with Crippen LogP contribution in [-0.4, -0.2) is 18.0 Å². The van der Waals surface area contributed by atoms with Crippen molar-refractivity contribution in [3.8, 4) is 0 Å². The van der Waals surface area contributed by atoms with Gasteiger partial charge in [-0.2, -0.15) is 0 Å². The Hall–Kier alpha value is -0.980. The molecule has 1 aliphatic heterocycles. The third-order valence-corrected chi connectivity index (χ3v) is 2.22. The molecule has 1 nitrogen and oxygen atoms in total. The largest absolute Gasteiger partial charge is 0.372 e. The maximum Gasteiger partial charge on any atom is 0.0360 e. The van der Waals surface area contributed by atoms with Crippen LogP contribution >= 0.6 is 0 Å². The van der Waals surface area contributed by atoms with Gasteiger partial charge in [-0.15, -0.1) is 0 Å². The first kappa shape index (κ1) is 9.11. The average molecular weight is 163 g/mol. The molecule has 1 fully saturated rings. The Labute approximate surface area is 75.1 Å². The van der Waals surface area contributed by atoms with Crippen molar-refractivity contribution in [2.24, 2.45) is 0 Å². The summed E-state index contributed by atoms with van der Waals surface area (Å²) in [4.78, 5) is 2.37. The lowest BCUT2D eigenvalue weighted by Crippen LogP contribution is -2.28. The smallest absolute Gasteiger partial charge is 0.0360 e. The molecule has 0 amide bonds. The van der Waals surface area contributed by atoms with E-state index in [-0.39, 0.29) is 0 Å². The van der Waals surface area contributed by atoms with Crippen LogP contribution in [-0.2, 0) is 0 Å². The fourth-order valence-electron chi connectivity index (χ4n) is 1.58. The lowest BCUT2D eigenvalue weighted by molar-refractivity contribution is 0.293. The van der Waals surface area contributed by atoms with Crippen molar-refractivity contribution in [1.29, 1.82) is 0 Å². The third kappa shape index (κ3) is 2.26. The summed E-state index contributed by atoms with van der Waals surface area (Å²) < 4.78 is 0. The summed E-state index contributed by atoms with van der Waals surface area (Å²) in [5.41, 5.74) is 1.21. The van der Waals surface area contributed by atoms with Gasteiger partial charge >= 0.3 is 0 Å². The number of likely N-dealkylation sites (tertiary alicyclic amines) is 1. The lowest BCUT2D eigenvalue weighted by atomic mass is 10.1. The summed E-state index contributed by atoms with van der Waals surface area (Å²) >= 11 is 0. The summed E-state index contributed by atoms with van der Waals surface area (Å²) in [7, 11) is 0. The fraction of sp³-hybridized carbons (Fsp3) is 0.455. The standard InChI is InChI=1S/C11H17N/c1-3-8-11(4-2)12-9-6-5-7-10-12/h3-4,8H,1-2,5-7,9-10H2/b11-8+. The molecule has 0 spiro atoms. The summed E-state index contributed by atoms with van der Waals surface area (Å²) in [6.07, 6.45) is 9.75. The highest BCUT2D eigenvalue weighted by molar-refractivity contribution is 5.20. The van der Waals surface area contributed by atoms with E-state index in [0.717, 1.165) is 0 Å². The molecule has 0 saturated carbocycles. The summed E-state index contributed by atoms with van der Waals surface area (Å²) in [6, 6.07) is 0. The van der Waals surface area contributed by atoms with Crippen molar-refractivity contribution in [2.75, 3.05) is 13.1 Å². The molecule has 0 bridgehead atoms. The van der Waals surface area contributed by atoms with Gasteiger partial charge in [0, 0.05) is 18.8 Å². The van der Waals surface area contributed by atoms with Crippen molar-refractivity contribution in [2.45, 2.75) is 19.3 Å². The van der Waals surface area contributed by atoms with E-state index in [2.05, 4.69) is 18.1 Å². The van der Waals surface area contributed by atoms with E-state index in [1.54, 1.807) is 0 Å². The van der Waals surface area contributed by atoms with Crippen LogP contribution in [0.1, 0.15) is 19.3 Å². The molecule has 0 atom stereocenters. The molecule has 1 heterocycles. The molecule has 12 heavy (non-hydrogen) atoms. The minimum atomic E-state index is 1.17. The maximum absolute atomic E-state index is 3.80. The average Bonchev–Trinajstić information content (AvgIpc) is 2.15. The fourth-order valence-corrected chi connectivity index (χ4v) is 1.58. The van der Waals surface area contributed by atoms with Gasteiger partial charge in [-0.25, -0.2) is 0 Å². The Morgan fingerprint density at radius 3 is 2.25 bits per heavy atom. The molecule has 1 aliphatic rings. The first-order valence-corrected chi connectivity index (χ1v) is 4.58. The van der Waals surface area contributed by atoms with Crippen molar-refractivity contribution in [3.63, 3.8) is 0 Å². The summed E-state index contributed by atoms with van der Waals surface area (Å²) in [6.45, 7) is 9.83. The molecule has 66 valence electrons. The van der Waals surface area contributed by atoms with Gasteiger partial charge in [0.1, 0.15) is 0 Å².